The van der Waals surface area contributed by atoms with Gasteiger partial charge in [0.15, 0.2) is 0 Å². The van der Waals surface area contributed by atoms with E-state index >= 15 is 0 Å². The van der Waals surface area contributed by atoms with Crippen LogP contribution < -0.4 is 21.4 Å². The molecule has 0 saturated carbocycles. The van der Waals surface area contributed by atoms with Crippen molar-refractivity contribution in [3.63, 3.8) is 0 Å². The number of nitrogens with two attached hydrogens (primary N) is 1. The van der Waals surface area contributed by atoms with E-state index in [1.54, 1.807) is 11.8 Å². The molecule has 2 aromatic rings. The number of amides is 2. The monoisotopic (exact) mass is 437 g/mol. The molecule has 3 N–H and O–H groups in total. The fraction of sp³-hybridized carbons (Fsp3) is 0.440. The second-order valence-corrected chi connectivity index (χ2v) is 13.3. The number of nitrogens with zero attached hydrogens (tertiary/aromatic N) is 1. The van der Waals surface area contributed by atoms with Crippen molar-refractivity contribution in [2.24, 2.45) is 11.7 Å². The van der Waals surface area contributed by atoms with E-state index in [1.807, 2.05) is 12.1 Å². The maximum absolute atomic E-state index is 13.5. The van der Waals surface area contributed by atoms with Crippen molar-refractivity contribution >= 4 is 30.3 Å². The maximum atomic E-state index is 13.5. The first kappa shape index (κ1) is 23.2. The Morgan fingerprint density at radius 1 is 1.00 bits per heavy atom. The number of benzene rings is 2. The molecule has 3 atom stereocenters. The molecule has 166 valence electrons. The molecule has 2 aromatic carbocycles. The van der Waals surface area contributed by atoms with Crippen LogP contribution in [0.1, 0.15) is 33.6 Å². The Hall–Kier alpha value is -2.44. The lowest BCUT2D eigenvalue weighted by atomic mass is 10.1. The summed E-state index contributed by atoms with van der Waals surface area (Å²) in [6, 6.07) is 20.0. The molecule has 0 spiro atoms. The fourth-order valence-electron chi connectivity index (χ4n) is 4.89. The van der Waals surface area contributed by atoms with Crippen LogP contribution in [0.2, 0.25) is 6.55 Å². The van der Waals surface area contributed by atoms with E-state index in [0.29, 0.717) is 13.0 Å². The van der Waals surface area contributed by atoms with Crippen molar-refractivity contribution < 1.29 is 9.59 Å². The van der Waals surface area contributed by atoms with Gasteiger partial charge in [-0.3, -0.25) is 9.59 Å². The molecule has 31 heavy (non-hydrogen) atoms. The predicted octanol–water partition coefficient (Wildman–Crippen LogP) is 1.90. The summed E-state index contributed by atoms with van der Waals surface area (Å²) in [5.41, 5.74) is 5.82. The van der Waals surface area contributed by atoms with Gasteiger partial charge in [-0.2, -0.15) is 0 Å². The second kappa shape index (κ2) is 9.79. The lowest BCUT2D eigenvalue weighted by molar-refractivity contribution is -0.139. The summed E-state index contributed by atoms with van der Waals surface area (Å²) in [6.45, 7) is 8.95. The molecule has 1 aliphatic heterocycles. The Morgan fingerprint density at radius 3 is 1.97 bits per heavy atom. The number of hydrogen-bond acceptors (Lipinski definition) is 3. The third kappa shape index (κ3) is 4.75. The topological polar surface area (TPSA) is 75.4 Å². The standard InChI is InChI=1S/C25H35N3O2Si/c1-18(2)24(27-23(29)22-16-11-17-28(22)25(30)19(3)26)31(4,20-12-7-5-8-13-20)21-14-9-6-10-15-21/h5-10,12-15,18-19,22,24H,11,16-17,26H2,1-4H3,(H,27,29)/t19-,22-,24+/m0/s1. The van der Waals surface area contributed by atoms with Crippen LogP contribution in [0.4, 0.5) is 0 Å². The Bertz CT molecular complexity index is 847. The van der Waals surface area contributed by atoms with Crippen LogP contribution in [0, 0.1) is 5.92 Å². The van der Waals surface area contributed by atoms with Gasteiger partial charge in [0.2, 0.25) is 11.8 Å². The summed E-state index contributed by atoms with van der Waals surface area (Å²) in [4.78, 5) is 27.7. The molecule has 1 fully saturated rings. The Morgan fingerprint density at radius 2 is 1.52 bits per heavy atom. The smallest absolute Gasteiger partial charge is 0.242 e. The molecule has 3 rings (SSSR count). The first-order valence-electron chi connectivity index (χ1n) is 11.2. The number of carbonyl (C=O) groups excluding carboxylic acids is 2. The molecule has 1 aliphatic rings. The van der Waals surface area contributed by atoms with Gasteiger partial charge in [-0.05, 0) is 25.7 Å². The summed E-state index contributed by atoms with van der Waals surface area (Å²) in [5, 5.41) is 5.98. The van der Waals surface area contributed by atoms with Gasteiger partial charge in [-0.1, -0.05) is 91.4 Å². The van der Waals surface area contributed by atoms with E-state index in [2.05, 4.69) is 74.2 Å². The van der Waals surface area contributed by atoms with Gasteiger partial charge < -0.3 is 16.0 Å². The fourth-order valence-corrected chi connectivity index (χ4v) is 9.47. The van der Waals surface area contributed by atoms with Crippen molar-refractivity contribution in [1.29, 1.82) is 0 Å². The van der Waals surface area contributed by atoms with Crippen LogP contribution in [0.5, 0.6) is 0 Å². The van der Waals surface area contributed by atoms with E-state index in [0.717, 1.165) is 6.42 Å². The highest BCUT2D eigenvalue weighted by atomic mass is 28.3. The third-order valence-corrected chi connectivity index (χ3v) is 11.7. The Kier molecular flexibility index (Phi) is 7.33. The summed E-state index contributed by atoms with van der Waals surface area (Å²) in [5.74, 6) is 0.0284. The average Bonchev–Trinajstić information content (AvgIpc) is 3.27. The zero-order chi connectivity index (χ0) is 22.6. The van der Waals surface area contributed by atoms with Gasteiger partial charge in [-0.15, -0.1) is 0 Å². The Balaban J connectivity index is 1.97. The van der Waals surface area contributed by atoms with E-state index in [9.17, 15) is 9.59 Å². The molecule has 5 nitrogen and oxygen atoms in total. The quantitative estimate of drug-likeness (QED) is 0.650. The van der Waals surface area contributed by atoms with E-state index in [1.165, 1.54) is 10.4 Å². The molecule has 1 heterocycles. The zero-order valence-corrected chi connectivity index (χ0v) is 20.0. The molecule has 0 unspecified atom stereocenters. The van der Waals surface area contributed by atoms with Crippen LogP contribution in [0.25, 0.3) is 0 Å². The average molecular weight is 438 g/mol. The first-order valence-corrected chi connectivity index (χ1v) is 13.8. The molecule has 0 aromatic heterocycles. The molecular weight excluding hydrogens is 402 g/mol. The first-order chi connectivity index (χ1) is 14.8. The maximum Gasteiger partial charge on any atom is 0.242 e. The molecule has 2 amide bonds. The lowest BCUT2D eigenvalue weighted by Crippen LogP contribution is -2.71. The summed E-state index contributed by atoms with van der Waals surface area (Å²) >= 11 is 0. The molecule has 6 heteroatoms. The molecule has 1 saturated heterocycles. The number of hydrogen-bond donors (Lipinski definition) is 2. The number of nitrogens with one attached hydrogen (secondary N) is 1. The van der Waals surface area contributed by atoms with E-state index < -0.39 is 20.2 Å². The lowest BCUT2D eigenvalue weighted by Gasteiger charge is -2.41. The highest BCUT2D eigenvalue weighted by molar-refractivity contribution is 7.02. The van der Waals surface area contributed by atoms with Crippen molar-refractivity contribution in [1.82, 2.24) is 10.2 Å². The van der Waals surface area contributed by atoms with Crippen molar-refractivity contribution in [2.75, 3.05) is 6.54 Å². The zero-order valence-electron chi connectivity index (χ0n) is 19.0. The van der Waals surface area contributed by atoms with Crippen molar-refractivity contribution in [2.45, 2.75) is 57.9 Å². The number of likely N-dealkylation sites (tertiary alicyclic amines) is 1. The van der Waals surface area contributed by atoms with Crippen LogP contribution in [-0.4, -0.2) is 49.1 Å². The van der Waals surface area contributed by atoms with E-state index in [-0.39, 0.29) is 23.4 Å². The van der Waals surface area contributed by atoms with Crippen molar-refractivity contribution in [3.05, 3.63) is 60.7 Å². The summed E-state index contributed by atoms with van der Waals surface area (Å²) in [6.07, 6.45) is 1.51. The molecule has 0 bridgehead atoms. The molecular formula is C25H35N3O2Si. The van der Waals surface area contributed by atoms with Gasteiger partial charge in [-0.25, -0.2) is 0 Å². The van der Waals surface area contributed by atoms with Crippen LogP contribution in [0.15, 0.2) is 60.7 Å². The highest BCUT2D eigenvalue weighted by Gasteiger charge is 2.44. The van der Waals surface area contributed by atoms with Gasteiger partial charge in [0.1, 0.15) is 14.1 Å². The number of rotatable bonds is 7. The van der Waals surface area contributed by atoms with Gasteiger partial charge in [0.25, 0.3) is 0 Å². The van der Waals surface area contributed by atoms with Gasteiger partial charge in [0.05, 0.1) is 6.04 Å². The molecule has 0 aliphatic carbocycles. The van der Waals surface area contributed by atoms with Gasteiger partial charge in [0, 0.05) is 12.2 Å². The minimum atomic E-state index is -2.34. The molecule has 0 radical (unpaired) electrons. The predicted molar refractivity (Wildman–Crippen MR) is 129 cm³/mol. The summed E-state index contributed by atoms with van der Waals surface area (Å²) in [7, 11) is -2.34. The van der Waals surface area contributed by atoms with E-state index in [4.69, 9.17) is 5.73 Å². The Labute approximate surface area is 187 Å². The van der Waals surface area contributed by atoms with Gasteiger partial charge >= 0.3 is 0 Å². The minimum absolute atomic E-state index is 0.0161. The number of carbonyl (C=O) groups is 2. The van der Waals surface area contributed by atoms with Crippen LogP contribution in [0.3, 0.4) is 0 Å². The van der Waals surface area contributed by atoms with Crippen LogP contribution >= 0.6 is 0 Å². The minimum Gasteiger partial charge on any atom is -0.353 e. The summed E-state index contributed by atoms with van der Waals surface area (Å²) < 4.78 is 0. The van der Waals surface area contributed by atoms with Crippen molar-refractivity contribution in [3.8, 4) is 0 Å². The third-order valence-electron chi connectivity index (χ3n) is 6.56. The SMILES string of the molecule is CC(C)[C@H](NC(=O)[C@@H]1CCCN1C(=O)[C@H](C)N)[Si](C)(c1ccccc1)c1ccccc1. The largest absolute Gasteiger partial charge is 0.353 e. The normalized spacial score (nSPS) is 18.6. The second-order valence-electron chi connectivity index (χ2n) is 9.14. The van der Waals surface area contributed by atoms with Crippen LogP contribution in [-0.2, 0) is 9.59 Å². The highest BCUT2D eigenvalue weighted by Crippen LogP contribution is 2.22.